The number of ketones is 1. The number of nitrogens with one attached hydrogen (secondary N) is 1. The molecule has 2 aromatic carbocycles. The number of rotatable bonds is 5. The zero-order valence-electron chi connectivity index (χ0n) is 15.6. The molecule has 1 aliphatic rings. The number of H-pyrrole nitrogens is 1. The van der Waals surface area contributed by atoms with Crippen LogP contribution < -0.4 is 9.61 Å². The number of carbonyl (C=O) groups excluding carboxylic acids is 1. The number of hydrogen-bond acceptors (Lipinski definition) is 6. The van der Waals surface area contributed by atoms with Crippen molar-refractivity contribution in [2.45, 2.75) is 16.2 Å². The molecule has 0 radical (unpaired) electrons. The van der Waals surface area contributed by atoms with Crippen LogP contribution in [0.1, 0.15) is 26.7 Å². The van der Waals surface area contributed by atoms with Gasteiger partial charge in [0.2, 0.25) is 0 Å². The molecule has 2 heterocycles. The number of aromatic nitrogens is 1. The molecular formula is C21H16ClNO5S2. The number of carboxylic acid groups (broad SMARTS) is 1. The maximum absolute atomic E-state index is 13.5. The van der Waals surface area contributed by atoms with Gasteiger partial charge < -0.3 is 14.8 Å². The number of halogens is 1. The quantitative estimate of drug-likeness (QED) is 0.550. The molecule has 1 aromatic heterocycles. The average Bonchev–Trinajstić information content (AvgIpc) is 3.12. The molecule has 4 rings (SSSR count). The Kier molecular flexibility index (Phi) is 5.73. The smallest absolute Gasteiger partial charge is 0.317 e. The van der Waals surface area contributed by atoms with Crippen molar-refractivity contribution in [1.82, 2.24) is 4.98 Å². The summed E-state index contributed by atoms with van der Waals surface area (Å²) >= 11 is 7.96. The average molecular weight is 462 g/mol. The van der Waals surface area contributed by atoms with Crippen LogP contribution in [0.15, 0.2) is 58.4 Å². The Morgan fingerprint density at radius 3 is 2.37 bits per heavy atom. The van der Waals surface area contributed by atoms with Gasteiger partial charge in [-0.05, 0) is 42.0 Å². The third-order valence-corrected chi connectivity index (χ3v) is 7.66. The van der Waals surface area contributed by atoms with Crippen LogP contribution in [0.4, 0.5) is 0 Å². The van der Waals surface area contributed by atoms with Gasteiger partial charge in [-0.15, -0.1) is 0 Å². The van der Waals surface area contributed by atoms with Crippen molar-refractivity contribution in [2.75, 3.05) is 7.11 Å². The van der Waals surface area contributed by atoms with Crippen LogP contribution in [0.5, 0.6) is 5.75 Å². The molecular weight excluding hydrogens is 446 g/mol. The molecule has 3 atom stereocenters. The third kappa shape index (κ3) is 3.78. The molecule has 0 saturated heterocycles. The Balaban J connectivity index is 1.89. The molecule has 6 nitrogen and oxygen atoms in total. The first kappa shape index (κ1) is 20.7. The number of fused-ring (bicyclic) bond motifs is 1. The van der Waals surface area contributed by atoms with Crippen molar-refractivity contribution in [1.29, 1.82) is 0 Å². The van der Waals surface area contributed by atoms with Crippen molar-refractivity contribution in [2.24, 2.45) is 5.92 Å². The van der Waals surface area contributed by atoms with Gasteiger partial charge in [0.1, 0.15) is 11.0 Å². The predicted octanol–water partition coefficient (Wildman–Crippen LogP) is 4.29. The molecule has 154 valence electrons. The lowest BCUT2D eigenvalue weighted by Gasteiger charge is -2.34. The predicted molar refractivity (Wildman–Crippen MR) is 116 cm³/mol. The normalized spacial score (nSPS) is 20.4. The minimum absolute atomic E-state index is 0.283. The summed E-state index contributed by atoms with van der Waals surface area (Å²) in [6.45, 7) is 0. The summed E-state index contributed by atoms with van der Waals surface area (Å²) in [6, 6.07) is 13.5. The van der Waals surface area contributed by atoms with E-state index in [9.17, 15) is 19.5 Å². The number of carbonyl (C=O) groups is 2. The second kappa shape index (κ2) is 8.29. The van der Waals surface area contributed by atoms with E-state index in [1.807, 2.05) is 0 Å². The van der Waals surface area contributed by atoms with E-state index >= 15 is 0 Å². The standard InChI is InChI=1S/C21H16ClNO5S2/c1-28-13-8-4-10(5-9-13)14-15(16(24)11-2-6-12(22)7-3-11)18(20(25)26)29-19-17(14)30-21(27)23-19/h2-9,14-15,18H,1H3,(H,23,27)(H,25,26)/t14-,15+,18+/m0/s1. The number of hydrogen-bond donors (Lipinski definition) is 2. The number of aliphatic carboxylic acids is 1. The molecule has 30 heavy (non-hydrogen) atoms. The van der Waals surface area contributed by atoms with Crippen LogP contribution >= 0.6 is 34.7 Å². The molecule has 0 unspecified atom stereocenters. The van der Waals surface area contributed by atoms with Crippen LogP contribution in [-0.4, -0.2) is 34.2 Å². The number of thiazole rings is 1. The highest BCUT2D eigenvalue weighted by Gasteiger charge is 2.47. The van der Waals surface area contributed by atoms with Gasteiger partial charge in [0.15, 0.2) is 5.78 Å². The largest absolute Gasteiger partial charge is 0.497 e. The fraction of sp³-hybridized carbons (Fsp3) is 0.190. The fourth-order valence-electron chi connectivity index (χ4n) is 3.63. The van der Waals surface area contributed by atoms with Gasteiger partial charge in [0.25, 0.3) is 0 Å². The number of thioether (sulfide) groups is 1. The van der Waals surface area contributed by atoms with Crippen molar-refractivity contribution in [3.63, 3.8) is 0 Å². The van der Waals surface area contributed by atoms with Gasteiger partial charge in [-0.1, -0.05) is 46.8 Å². The monoisotopic (exact) mass is 461 g/mol. The molecule has 1 aliphatic heterocycles. The highest BCUT2D eigenvalue weighted by atomic mass is 35.5. The van der Waals surface area contributed by atoms with Gasteiger partial charge in [-0.3, -0.25) is 14.4 Å². The van der Waals surface area contributed by atoms with Crippen molar-refractivity contribution in [3.05, 3.63) is 79.2 Å². The van der Waals surface area contributed by atoms with Crippen molar-refractivity contribution in [3.8, 4) is 5.75 Å². The van der Waals surface area contributed by atoms with Crippen LogP contribution in [-0.2, 0) is 4.79 Å². The summed E-state index contributed by atoms with van der Waals surface area (Å²) in [5.41, 5.74) is 1.12. The summed E-state index contributed by atoms with van der Waals surface area (Å²) in [5.74, 6) is -2.26. The van der Waals surface area contributed by atoms with Crippen LogP contribution in [0.25, 0.3) is 0 Å². The summed E-state index contributed by atoms with van der Waals surface area (Å²) < 4.78 is 5.21. The number of benzene rings is 2. The molecule has 0 amide bonds. The lowest BCUT2D eigenvalue weighted by Crippen LogP contribution is -2.39. The number of methoxy groups -OCH3 is 1. The summed E-state index contributed by atoms with van der Waals surface area (Å²) in [5, 5.41) is 9.85. The van der Waals surface area contributed by atoms with E-state index in [-0.39, 0.29) is 10.7 Å². The fourth-order valence-corrected chi connectivity index (χ4v) is 6.17. The molecule has 0 saturated carbocycles. The van der Waals surface area contributed by atoms with Gasteiger partial charge in [0.05, 0.1) is 18.1 Å². The van der Waals surface area contributed by atoms with E-state index in [0.717, 1.165) is 28.7 Å². The maximum Gasteiger partial charge on any atom is 0.317 e. The van der Waals surface area contributed by atoms with Crippen LogP contribution in [0, 0.1) is 5.92 Å². The molecule has 0 fully saturated rings. The number of Topliss-reactive ketones (excluding diaryl/α,β-unsaturated/α-hetero) is 1. The number of ether oxygens (including phenoxy) is 1. The zero-order chi connectivity index (χ0) is 21.4. The summed E-state index contributed by atoms with van der Waals surface area (Å²) in [6.07, 6.45) is 0. The molecule has 9 heteroatoms. The highest BCUT2D eigenvalue weighted by Crippen LogP contribution is 2.50. The summed E-state index contributed by atoms with van der Waals surface area (Å²) in [4.78, 5) is 40.8. The highest BCUT2D eigenvalue weighted by molar-refractivity contribution is 8.00. The van der Waals surface area contributed by atoms with Crippen LogP contribution in [0.2, 0.25) is 5.02 Å². The van der Waals surface area contributed by atoms with E-state index in [0.29, 0.717) is 26.2 Å². The molecule has 0 bridgehead atoms. The molecule has 3 aromatic rings. The zero-order valence-corrected chi connectivity index (χ0v) is 18.0. The lowest BCUT2D eigenvalue weighted by molar-refractivity contribution is -0.137. The second-order valence-electron chi connectivity index (χ2n) is 6.73. The Bertz CT molecular complexity index is 1150. The first-order valence-corrected chi connectivity index (χ1v) is 11.0. The first-order valence-electron chi connectivity index (χ1n) is 8.95. The third-order valence-electron chi connectivity index (χ3n) is 5.00. The van der Waals surface area contributed by atoms with Crippen LogP contribution in [0.3, 0.4) is 0 Å². The first-order chi connectivity index (χ1) is 14.4. The van der Waals surface area contributed by atoms with Gasteiger partial charge in [-0.2, -0.15) is 0 Å². The Morgan fingerprint density at radius 2 is 1.77 bits per heavy atom. The Hall–Kier alpha value is -2.55. The van der Waals surface area contributed by atoms with E-state index in [4.69, 9.17) is 16.3 Å². The molecule has 2 N–H and O–H groups in total. The van der Waals surface area contributed by atoms with Gasteiger partial charge in [0, 0.05) is 21.4 Å². The van der Waals surface area contributed by atoms with Gasteiger partial charge in [-0.25, -0.2) is 0 Å². The molecule has 0 spiro atoms. The SMILES string of the molecule is COc1ccc([C@@H]2c3sc(=O)[nH]c3S[C@@H](C(=O)O)[C@H]2C(=O)c2ccc(Cl)cc2)cc1. The Morgan fingerprint density at radius 1 is 1.10 bits per heavy atom. The number of aromatic amines is 1. The van der Waals surface area contributed by atoms with E-state index in [1.54, 1.807) is 55.6 Å². The topological polar surface area (TPSA) is 96.5 Å². The Labute approximate surface area is 184 Å². The number of carboxylic acids is 1. The minimum Gasteiger partial charge on any atom is -0.497 e. The van der Waals surface area contributed by atoms with Crippen molar-refractivity contribution < 1.29 is 19.4 Å². The van der Waals surface area contributed by atoms with Gasteiger partial charge >= 0.3 is 10.8 Å². The molecule has 0 aliphatic carbocycles. The van der Waals surface area contributed by atoms with E-state index in [2.05, 4.69) is 4.98 Å². The maximum atomic E-state index is 13.5. The van der Waals surface area contributed by atoms with Crippen molar-refractivity contribution >= 4 is 46.5 Å². The second-order valence-corrected chi connectivity index (χ2v) is 9.34. The minimum atomic E-state index is -1.11. The lowest BCUT2D eigenvalue weighted by atomic mass is 9.78. The van der Waals surface area contributed by atoms with E-state index < -0.39 is 23.1 Å². The summed E-state index contributed by atoms with van der Waals surface area (Å²) in [7, 11) is 1.55. The van der Waals surface area contributed by atoms with E-state index in [1.165, 1.54) is 0 Å².